The molecule has 0 bridgehead atoms. The molecule has 118 valence electrons. The van der Waals surface area contributed by atoms with Crippen molar-refractivity contribution in [3.63, 3.8) is 0 Å². The van der Waals surface area contributed by atoms with Gasteiger partial charge in [0.25, 0.3) is 5.56 Å². The zero-order valence-corrected chi connectivity index (χ0v) is 13.1. The van der Waals surface area contributed by atoms with Gasteiger partial charge >= 0.3 is 0 Å². The molecule has 1 atom stereocenters. The van der Waals surface area contributed by atoms with Gasteiger partial charge in [0.1, 0.15) is 11.2 Å². The lowest BCUT2D eigenvalue weighted by Gasteiger charge is -2.28. The summed E-state index contributed by atoms with van der Waals surface area (Å²) in [5, 5.41) is 4.70. The smallest absolute Gasteiger partial charge is 0.262 e. The predicted octanol–water partition coefficient (Wildman–Crippen LogP) is 1.81. The molecule has 1 saturated carbocycles. The molecule has 0 unspecified atom stereocenters. The lowest BCUT2D eigenvalue weighted by Crippen LogP contribution is -2.35. The number of nitrogens with zero attached hydrogens (tertiary/aromatic N) is 4. The molecule has 1 saturated heterocycles. The molecule has 1 N–H and O–H groups in total. The van der Waals surface area contributed by atoms with E-state index in [1.165, 1.54) is 38.5 Å². The van der Waals surface area contributed by atoms with Crippen LogP contribution in [-0.4, -0.2) is 37.2 Å². The van der Waals surface area contributed by atoms with Crippen LogP contribution in [0.25, 0.3) is 11.0 Å². The zero-order valence-electron chi connectivity index (χ0n) is 13.1. The van der Waals surface area contributed by atoms with E-state index in [-0.39, 0.29) is 5.56 Å². The third-order valence-corrected chi connectivity index (χ3v) is 5.36. The van der Waals surface area contributed by atoms with Crippen LogP contribution in [0.3, 0.4) is 0 Å². The van der Waals surface area contributed by atoms with Gasteiger partial charge in [-0.25, -0.2) is 4.98 Å². The first-order chi connectivity index (χ1) is 10.7. The molecule has 0 spiro atoms. The summed E-state index contributed by atoms with van der Waals surface area (Å²) in [6.45, 7) is 1.87. The van der Waals surface area contributed by atoms with Crippen LogP contribution in [-0.2, 0) is 13.6 Å². The van der Waals surface area contributed by atoms with Crippen molar-refractivity contribution in [3.8, 4) is 0 Å². The Morgan fingerprint density at radius 3 is 2.91 bits per heavy atom. The van der Waals surface area contributed by atoms with Crippen LogP contribution in [0.4, 0.5) is 0 Å². The van der Waals surface area contributed by atoms with E-state index < -0.39 is 0 Å². The van der Waals surface area contributed by atoms with Crippen LogP contribution in [0.15, 0.2) is 11.0 Å². The second kappa shape index (κ2) is 5.50. The molecule has 6 nitrogen and oxygen atoms in total. The highest BCUT2D eigenvalue weighted by Gasteiger charge is 2.33. The molecule has 1 aliphatic heterocycles. The summed E-state index contributed by atoms with van der Waals surface area (Å²) in [4.78, 5) is 22.2. The molecule has 3 heterocycles. The molecule has 0 radical (unpaired) electrons. The summed E-state index contributed by atoms with van der Waals surface area (Å²) in [5.41, 5.74) is 0.597. The summed E-state index contributed by atoms with van der Waals surface area (Å²) in [5.74, 6) is 1.61. The largest absolute Gasteiger partial charge is 0.309 e. The fraction of sp³-hybridized carbons (Fsp3) is 0.688. The van der Waals surface area contributed by atoms with Gasteiger partial charge < -0.3 is 4.98 Å². The van der Waals surface area contributed by atoms with Gasteiger partial charge in [-0.1, -0.05) is 12.8 Å². The minimum atomic E-state index is -0.0790. The van der Waals surface area contributed by atoms with Crippen molar-refractivity contribution in [3.05, 3.63) is 22.4 Å². The first-order valence-electron chi connectivity index (χ1n) is 8.37. The van der Waals surface area contributed by atoms with Crippen molar-refractivity contribution in [2.75, 3.05) is 6.54 Å². The van der Waals surface area contributed by atoms with Crippen LogP contribution in [0.5, 0.6) is 0 Å². The summed E-state index contributed by atoms with van der Waals surface area (Å²) in [6.07, 6.45) is 9.64. The van der Waals surface area contributed by atoms with Crippen molar-refractivity contribution < 1.29 is 0 Å². The number of likely N-dealkylation sites (tertiary alicyclic amines) is 1. The first-order valence-corrected chi connectivity index (χ1v) is 8.37. The lowest BCUT2D eigenvalue weighted by molar-refractivity contribution is 0.179. The van der Waals surface area contributed by atoms with E-state index in [4.69, 9.17) is 0 Å². The molecule has 4 rings (SSSR count). The minimum Gasteiger partial charge on any atom is -0.309 e. The van der Waals surface area contributed by atoms with Crippen LogP contribution >= 0.6 is 0 Å². The van der Waals surface area contributed by atoms with E-state index in [9.17, 15) is 4.79 Å². The topological polar surface area (TPSA) is 66.8 Å². The quantitative estimate of drug-likeness (QED) is 0.939. The molecule has 0 aromatic carbocycles. The fourth-order valence-corrected chi connectivity index (χ4v) is 4.27. The number of aromatic nitrogens is 4. The number of H-pyrrole nitrogens is 1. The second-order valence-electron chi connectivity index (χ2n) is 6.74. The molecule has 2 aromatic heterocycles. The Hall–Kier alpha value is -1.69. The van der Waals surface area contributed by atoms with Crippen molar-refractivity contribution in [2.24, 2.45) is 13.0 Å². The molecule has 2 aliphatic rings. The summed E-state index contributed by atoms with van der Waals surface area (Å²) in [6, 6.07) is 0.676. The van der Waals surface area contributed by atoms with Crippen molar-refractivity contribution in [2.45, 2.75) is 51.1 Å². The molecule has 6 heteroatoms. The standard InChI is InChI=1S/C16H23N5O/c1-20-15-12(9-17-20)16(22)19-14(18-15)10-21-8-4-7-13(21)11-5-2-3-6-11/h9,11,13H,2-8,10H2,1H3,(H,18,19,22)/t13-/m0/s1. The molecule has 2 aromatic rings. The summed E-state index contributed by atoms with van der Waals surface area (Å²) >= 11 is 0. The molecular weight excluding hydrogens is 278 g/mol. The van der Waals surface area contributed by atoms with Gasteiger partial charge in [0.05, 0.1) is 12.7 Å². The van der Waals surface area contributed by atoms with E-state index in [0.29, 0.717) is 17.1 Å². The molecule has 0 amide bonds. The number of aromatic amines is 1. The number of nitrogens with one attached hydrogen (secondary N) is 1. The second-order valence-corrected chi connectivity index (χ2v) is 6.74. The van der Waals surface area contributed by atoms with Crippen molar-refractivity contribution in [1.82, 2.24) is 24.6 Å². The van der Waals surface area contributed by atoms with Crippen LogP contribution in [0.1, 0.15) is 44.3 Å². The summed E-state index contributed by atoms with van der Waals surface area (Å²) in [7, 11) is 1.83. The van der Waals surface area contributed by atoms with Gasteiger partial charge in [0, 0.05) is 13.1 Å². The van der Waals surface area contributed by atoms with Gasteiger partial charge in [-0.2, -0.15) is 5.10 Å². The van der Waals surface area contributed by atoms with Crippen LogP contribution in [0, 0.1) is 5.92 Å². The third-order valence-electron chi connectivity index (χ3n) is 5.36. The van der Waals surface area contributed by atoms with E-state index in [2.05, 4.69) is 20.0 Å². The van der Waals surface area contributed by atoms with Gasteiger partial charge in [-0.15, -0.1) is 0 Å². The SMILES string of the molecule is Cn1ncc2c(=O)[nH]c(CN3CCC[C@H]3C3CCCC3)nc21. The van der Waals surface area contributed by atoms with Gasteiger partial charge in [-0.3, -0.25) is 14.4 Å². The normalized spacial score (nSPS) is 23.8. The van der Waals surface area contributed by atoms with Crippen molar-refractivity contribution in [1.29, 1.82) is 0 Å². The van der Waals surface area contributed by atoms with Crippen molar-refractivity contribution >= 4 is 11.0 Å². The average Bonchev–Trinajstić information content (AvgIpc) is 3.20. The molecule has 2 fully saturated rings. The Morgan fingerprint density at radius 1 is 1.27 bits per heavy atom. The molecule has 22 heavy (non-hydrogen) atoms. The fourth-order valence-electron chi connectivity index (χ4n) is 4.27. The zero-order chi connectivity index (χ0) is 15.1. The Kier molecular flexibility index (Phi) is 3.48. The van der Waals surface area contributed by atoms with Crippen LogP contribution in [0.2, 0.25) is 0 Å². The van der Waals surface area contributed by atoms with E-state index in [1.807, 2.05) is 7.05 Å². The number of hydrogen-bond acceptors (Lipinski definition) is 4. The maximum Gasteiger partial charge on any atom is 0.262 e. The molecule has 1 aliphatic carbocycles. The van der Waals surface area contributed by atoms with Crippen LogP contribution < -0.4 is 5.56 Å². The maximum atomic E-state index is 12.2. The highest BCUT2D eigenvalue weighted by molar-refractivity contribution is 5.72. The Bertz CT molecular complexity index is 728. The number of fused-ring (bicyclic) bond motifs is 1. The highest BCUT2D eigenvalue weighted by atomic mass is 16.1. The number of rotatable bonds is 3. The van der Waals surface area contributed by atoms with Gasteiger partial charge in [0.2, 0.25) is 0 Å². The van der Waals surface area contributed by atoms with E-state index in [0.717, 1.165) is 24.8 Å². The Balaban J connectivity index is 1.59. The van der Waals surface area contributed by atoms with Gasteiger partial charge in [0.15, 0.2) is 5.65 Å². The Morgan fingerprint density at radius 2 is 2.09 bits per heavy atom. The van der Waals surface area contributed by atoms with E-state index in [1.54, 1.807) is 10.9 Å². The highest BCUT2D eigenvalue weighted by Crippen LogP contribution is 2.35. The minimum absolute atomic E-state index is 0.0790. The Labute approximate surface area is 129 Å². The first kappa shape index (κ1) is 13.9. The monoisotopic (exact) mass is 301 g/mol. The number of aryl methyl sites for hydroxylation is 1. The predicted molar refractivity (Wildman–Crippen MR) is 84.5 cm³/mol. The molecular formula is C16H23N5O. The maximum absolute atomic E-state index is 12.2. The lowest BCUT2D eigenvalue weighted by atomic mass is 9.96. The van der Waals surface area contributed by atoms with Gasteiger partial charge in [-0.05, 0) is 38.1 Å². The van der Waals surface area contributed by atoms with E-state index >= 15 is 0 Å². The average molecular weight is 301 g/mol. The summed E-state index contributed by atoms with van der Waals surface area (Å²) < 4.78 is 1.67. The third kappa shape index (κ3) is 2.35. The number of hydrogen-bond donors (Lipinski definition) is 1.